The van der Waals surface area contributed by atoms with Gasteiger partial charge in [0.25, 0.3) is 0 Å². The van der Waals surface area contributed by atoms with Gasteiger partial charge in [0.1, 0.15) is 0 Å². The van der Waals surface area contributed by atoms with Crippen molar-refractivity contribution in [3.05, 3.63) is 22.9 Å². The van der Waals surface area contributed by atoms with Crippen LogP contribution in [-0.2, 0) is 4.79 Å². The number of nitrogens with zero attached hydrogens (tertiary/aromatic N) is 2. The van der Waals surface area contributed by atoms with Crippen molar-refractivity contribution in [2.75, 3.05) is 25.0 Å². The van der Waals surface area contributed by atoms with Crippen molar-refractivity contribution in [2.45, 2.75) is 37.8 Å². The zero-order valence-corrected chi connectivity index (χ0v) is 13.6. The fraction of sp³-hybridized carbons (Fsp3) is 0.600. The summed E-state index contributed by atoms with van der Waals surface area (Å²) in [6.45, 7) is 3.16. The summed E-state index contributed by atoms with van der Waals surface area (Å²) in [6.07, 6.45) is 7.75. The molecular weight excluding hydrogens is 332 g/mol. The van der Waals surface area contributed by atoms with Gasteiger partial charge in [-0.2, -0.15) is 0 Å². The fourth-order valence-corrected chi connectivity index (χ4v) is 3.69. The molecule has 0 aromatic carbocycles. The quantitative estimate of drug-likeness (QED) is 0.873. The van der Waals surface area contributed by atoms with E-state index < -0.39 is 0 Å². The molecule has 1 aromatic heterocycles. The molecule has 0 aliphatic carbocycles. The summed E-state index contributed by atoms with van der Waals surface area (Å²) in [5, 5.41) is 6.43. The molecule has 3 heterocycles. The van der Waals surface area contributed by atoms with Gasteiger partial charge in [0.15, 0.2) is 0 Å². The number of hydrogen-bond acceptors (Lipinski definition) is 4. The molecule has 2 saturated heterocycles. The third-order valence-electron chi connectivity index (χ3n) is 4.40. The highest BCUT2D eigenvalue weighted by Gasteiger charge is 2.35. The van der Waals surface area contributed by atoms with E-state index in [4.69, 9.17) is 0 Å². The Hall–Kier alpha value is -0.980. The maximum Gasteiger partial charge on any atom is 0.241 e. The number of aromatic nitrogens is 1. The van der Waals surface area contributed by atoms with Crippen molar-refractivity contribution in [3.63, 3.8) is 0 Å². The maximum absolute atomic E-state index is 12.6. The summed E-state index contributed by atoms with van der Waals surface area (Å²) in [5.74, 6) is 0.109. The van der Waals surface area contributed by atoms with E-state index in [0.29, 0.717) is 6.04 Å². The third kappa shape index (κ3) is 3.44. The number of halogens is 1. The molecule has 114 valence electrons. The van der Waals surface area contributed by atoms with Gasteiger partial charge in [0.2, 0.25) is 5.91 Å². The minimum atomic E-state index is 0.00756. The van der Waals surface area contributed by atoms with E-state index in [1.807, 2.05) is 6.07 Å². The monoisotopic (exact) mass is 352 g/mol. The van der Waals surface area contributed by atoms with Crippen LogP contribution in [-0.4, -0.2) is 47.5 Å². The summed E-state index contributed by atoms with van der Waals surface area (Å²) in [4.78, 5) is 19.0. The fourth-order valence-electron chi connectivity index (χ4n) is 3.34. The Morgan fingerprint density at radius 3 is 2.95 bits per heavy atom. The second-order valence-electron chi connectivity index (χ2n) is 5.72. The van der Waals surface area contributed by atoms with Gasteiger partial charge in [0.05, 0.1) is 16.2 Å². The number of likely N-dealkylation sites (tertiary alicyclic amines) is 1. The molecule has 5 nitrogen and oxygen atoms in total. The van der Waals surface area contributed by atoms with Crippen LogP contribution in [0.5, 0.6) is 0 Å². The molecule has 1 aromatic rings. The lowest BCUT2D eigenvalue weighted by atomic mass is 10.0. The molecule has 0 saturated carbocycles. The average molecular weight is 353 g/mol. The Morgan fingerprint density at radius 2 is 2.19 bits per heavy atom. The maximum atomic E-state index is 12.6. The highest BCUT2D eigenvalue weighted by molar-refractivity contribution is 9.10. The SMILES string of the molecule is O=C(Nc1ccncc1Br)C1CCCN1C1CCNCC1. The van der Waals surface area contributed by atoms with Crippen LogP contribution in [0.2, 0.25) is 0 Å². The number of piperidine rings is 1. The third-order valence-corrected chi connectivity index (χ3v) is 5.04. The summed E-state index contributed by atoms with van der Waals surface area (Å²) in [5.41, 5.74) is 0.798. The Balaban J connectivity index is 1.67. The van der Waals surface area contributed by atoms with Crippen molar-refractivity contribution >= 4 is 27.5 Å². The second-order valence-corrected chi connectivity index (χ2v) is 6.58. The molecule has 1 unspecified atom stereocenters. The van der Waals surface area contributed by atoms with Crippen LogP contribution in [0.15, 0.2) is 22.9 Å². The van der Waals surface area contributed by atoms with Crippen LogP contribution in [0.3, 0.4) is 0 Å². The van der Waals surface area contributed by atoms with Crippen LogP contribution in [0.25, 0.3) is 0 Å². The lowest BCUT2D eigenvalue weighted by Crippen LogP contribution is -2.49. The zero-order valence-electron chi connectivity index (χ0n) is 12.0. The molecule has 0 radical (unpaired) electrons. The first-order valence-electron chi connectivity index (χ1n) is 7.62. The second kappa shape index (κ2) is 6.85. The number of anilines is 1. The Kier molecular flexibility index (Phi) is 4.87. The highest BCUT2D eigenvalue weighted by atomic mass is 79.9. The van der Waals surface area contributed by atoms with E-state index in [-0.39, 0.29) is 11.9 Å². The summed E-state index contributed by atoms with van der Waals surface area (Å²) in [6, 6.07) is 2.38. The molecule has 2 aliphatic heterocycles. The molecule has 6 heteroatoms. The van der Waals surface area contributed by atoms with E-state index >= 15 is 0 Å². The van der Waals surface area contributed by atoms with Crippen LogP contribution in [0.1, 0.15) is 25.7 Å². The van der Waals surface area contributed by atoms with Gasteiger partial charge in [-0.25, -0.2) is 0 Å². The molecule has 1 amide bonds. The molecule has 3 rings (SSSR count). The van der Waals surface area contributed by atoms with E-state index in [1.165, 1.54) is 0 Å². The van der Waals surface area contributed by atoms with Crippen molar-refractivity contribution in [2.24, 2.45) is 0 Å². The molecule has 1 atom stereocenters. The number of carbonyl (C=O) groups is 1. The van der Waals surface area contributed by atoms with E-state index in [0.717, 1.165) is 55.5 Å². The van der Waals surface area contributed by atoms with Crippen LogP contribution in [0.4, 0.5) is 5.69 Å². The van der Waals surface area contributed by atoms with E-state index in [9.17, 15) is 4.79 Å². The first-order valence-corrected chi connectivity index (χ1v) is 8.42. The Bertz CT molecular complexity index is 504. The zero-order chi connectivity index (χ0) is 14.7. The van der Waals surface area contributed by atoms with Gasteiger partial charge in [-0.05, 0) is 67.3 Å². The number of carbonyl (C=O) groups excluding carboxylic acids is 1. The van der Waals surface area contributed by atoms with Crippen molar-refractivity contribution < 1.29 is 4.79 Å². The summed E-state index contributed by atoms with van der Waals surface area (Å²) in [7, 11) is 0. The van der Waals surface area contributed by atoms with Gasteiger partial charge in [-0.3, -0.25) is 14.7 Å². The van der Waals surface area contributed by atoms with Crippen molar-refractivity contribution in [3.8, 4) is 0 Å². The van der Waals surface area contributed by atoms with Gasteiger partial charge in [-0.15, -0.1) is 0 Å². The lowest BCUT2D eigenvalue weighted by Gasteiger charge is -2.35. The summed E-state index contributed by atoms with van der Waals surface area (Å²) < 4.78 is 0.824. The smallest absolute Gasteiger partial charge is 0.241 e. The largest absolute Gasteiger partial charge is 0.324 e. The topological polar surface area (TPSA) is 57.3 Å². The average Bonchev–Trinajstić information content (AvgIpc) is 3.00. The van der Waals surface area contributed by atoms with E-state index in [2.05, 4.69) is 36.4 Å². The minimum Gasteiger partial charge on any atom is -0.324 e. The normalized spacial score (nSPS) is 24.1. The summed E-state index contributed by atoms with van der Waals surface area (Å²) >= 11 is 3.43. The van der Waals surface area contributed by atoms with Crippen molar-refractivity contribution in [1.82, 2.24) is 15.2 Å². The lowest BCUT2D eigenvalue weighted by molar-refractivity contribution is -0.121. The molecule has 0 spiro atoms. The molecule has 0 bridgehead atoms. The Labute approximate surface area is 133 Å². The number of rotatable bonds is 3. The molecule has 2 aliphatic rings. The van der Waals surface area contributed by atoms with Crippen LogP contribution < -0.4 is 10.6 Å². The number of pyridine rings is 1. The van der Waals surface area contributed by atoms with Gasteiger partial charge in [0, 0.05) is 18.4 Å². The minimum absolute atomic E-state index is 0.00756. The highest BCUT2D eigenvalue weighted by Crippen LogP contribution is 2.27. The predicted octanol–water partition coefficient (Wildman–Crippen LogP) is 2.00. The number of amides is 1. The first-order chi connectivity index (χ1) is 10.3. The van der Waals surface area contributed by atoms with Gasteiger partial charge >= 0.3 is 0 Å². The molecule has 2 fully saturated rings. The van der Waals surface area contributed by atoms with Crippen LogP contribution in [0, 0.1) is 0 Å². The molecule has 21 heavy (non-hydrogen) atoms. The first kappa shape index (κ1) is 14.9. The van der Waals surface area contributed by atoms with Gasteiger partial charge < -0.3 is 10.6 Å². The number of nitrogens with one attached hydrogen (secondary N) is 2. The van der Waals surface area contributed by atoms with Gasteiger partial charge in [-0.1, -0.05) is 0 Å². The predicted molar refractivity (Wildman–Crippen MR) is 86.2 cm³/mol. The molecular formula is C15H21BrN4O. The van der Waals surface area contributed by atoms with Crippen LogP contribution >= 0.6 is 15.9 Å². The molecule has 2 N–H and O–H groups in total. The standard InChI is InChI=1S/C15H21BrN4O/c16-12-10-18-8-5-13(12)19-15(21)14-2-1-9-20(14)11-3-6-17-7-4-11/h5,8,10-11,14,17H,1-4,6-7,9H2,(H,18,19,21). The number of hydrogen-bond donors (Lipinski definition) is 2. The van der Waals surface area contributed by atoms with E-state index in [1.54, 1.807) is 12.4 Å². The van der Waals surface area contributed by atoms with Crippen molar-refractivity contribution in [1.29, 1.82) is 0 Å². The Morgan fingerprint density at radius 1 is 1.38 bits per heavy atom.